The second-order valence-electron chi connectivity index (χ2n) is 7.22. The molecule has 4 aromatic rings. The normalized spacial score (nSPS) is 14.3. The molecule has 32 heavy (non-hydrogen) atoms. The van der Waals surface area contributed by atoms with Gasteiger partial charge in [-0.05, 0) is 48.0 Å². The smallest absolute Gasteiger partial charge is 0.416 e. The molecule has 0 bridgehead atoms. The first-order valence-corrected chi connectivity index (χ1v) is 11.1. The van der Waals surface area contributed by atoms with E-state index in [-0.39, 0.29) is 18.8 Å². The minimum Gasteiger partial charge on any atom is -0.489 e. The Kier molecular flexibility index (Phi) is 4.63. The SMILES string of the molecule is O=S(=O)(c1cccc(C(F)(F)F)c1)N1CCOc2ccc(-c3cnn4ccccc34)cc21. The first kappa shape index (κ1) is 20.4. The largest absolute Gasteiger partial charge is 0.489 e. The Balaban J connectivity index is 1.61. The van der Waals surface area contributed by atoms with Gasteiger partial charge in [-0.1, -0.05) is 18.2 Å². The lowest BCUT2D eigenvalue weighted by molar-refractivity contribution is -0.137. The Morgan fingerprint density at radius 3 is 2.66 bits per heavy atom. The molecule has 0 spiro atoms. The molecule has 0 amide bonds. The van der Waals surface area contributed by atoms with Gasteiger partial charge in [-0.15, -0.1) is 0 Å². The Bertz CT molecular complexity index is 1430. The number of anilines is 1. The number of halogens is 3. The predicted octanol–water partition coefficient (Wildman–Crippen LogP) is 4.61. The van der Waals surface area contributed by atoms with Crippen LogP contribution in [0.25, 0.3) is 16.6 Å². The summed E-state index contributed by atoms with van der Waals surface area (Å²) in [7, 11) is -4.25. The molecular weight excluding hydrogens is 443 g/mol. The van der Waals surface area contributed by atoms with E-state index in [1.807, 2.05) is 18.2 Å². The lowest BCUT2D eigenvalue weighted by Gasteiger charge is -2.31. The zero-order valence-corrected chi connectivity index (χ0v) is 17.3. The highest BCUT2D eigenvalue weighted by Gasteiger charge is 2.35. The molecule has 1 aliphatic heterocycles. The number of benzene rings is 2. The highest BCUT2D eigenvalue weighted by atomic mass is 32.2. The lowest BCUT2D eigenvalue weighted by Crippen LogP contribution is -2.38. The number of alkyl halides is 3. The lowest BCUT2D eigenvalue weighted by atomic mass is 10.1. The van der Waals surface area contributed by atoms with Crippen LogP contribution in [-0.2, 0) is 16.2 Å². The first-order chi connectivity index (χ1) is 15.2. The maximum atomic E-state index is 13.3. The average molecular weight is 459 g/mol. The Hall–Kier alpha value is -3.53. The summed E-state index contributed by atoms with van der Waals surface area (Å²) in [6.45, 7) is 0.0606. The van der Waals surface area contributed by atoms with E-state index in [4.69, 9.17) is 4.74 Å². The third-order valence-electron chi connectivity index (χ3n) is 5.27. The number of aromatic nitrogens is 2. The summed E-state index contributed by atoms with van der Waals surface area (Å²) in [4.78, 5) is -0.429. The number of sulfonamides is 1. The van der Waals surface area contributed by atoms with Crippen LogP contribution in [0.4, 0.5) is 18.9 Å². The second kappa shape index (κ2) is 7.27. The van der Waals surface area contributed by atoms with Gasteiger partial charge >= 0.3 is 6.18 Å². The van der Waals surface area contributed by atoms with Crippen molar-refractivity contribution in [1.29, 1.82) is 0 Å². The fraction of sp³-hybridized carbons (Fsp3) is 0.136. The topological polar surface area (TPSA) is 63.9 Å². The minimum atomic E-state index is -4.65. The summed E-state index contributed by atoms with van der Waals surface area (Å²) in [5.41, 5.74) is 1.57. The molecule has 6 nitrogen and oxygen atoms in total. The van der Waals surface area contributed by atoms with E-state index in [1.54, 1.807) is 35.1 Å². The van der Waals surface area contributed by atoms with Gasteiger partial charge in [0.2, 0.25) is 0 Å². The number of rotatable bonds is 3. The van der Waals surface area contributed by atoms with E-state index in [1.165, 1.54) is 0 Å². The Morgan fingerprint density at radius 2 is 1.84 bits per heavy atom. The van der Waals surface area contributed by atoms with Gasteiger partial charge in [0.15, 0.2) is 0 Å². The van der Waals surface area contributed by atoms with Crippen molar-refractivity contribution in [2.24, 2.45) is 0 Å². The number of fused-ring (bicyclic) bond motifs is 2. The number of hydrogen-bond donors (Lipinski definition) is 0. The van der Waals surface area contributed by atoms with Crippen LogP contribution in [0.3, 0.4) is 0 Å². The van der Waals surface area contributed by atoms with Gasteiger partial charge in [-0.2, -0.15) is 18.3 Å². The quantitative estimate of drug-likeness (QED) is 0.449. The molecule has 10 heteroatoms. The summed E-state index contributed by atoms with van der Waals surface area (Å²) in [6, 6.07) is 14.4. The molecule has 0 N–H and O–H groups in total. The van der Waals surface area contributed by atoms with E-state index in [0.29, 0.717) is 17.4 Å². The minimum absolute atomic E-state index is 0.0240. The van der Waals surface area contributed by atoms with Crippen LogP contribution >= 0.6 is 0 Å². The van der Waals surface area contributed by atoms with Gasteiger partial charge in [-0.25, -0.2) is 12.9 Å². The number of pyridine rings is 1. The van der Waals surface area contributed by atoms with Gasteiger partial charge in [-0.3, -0.25) is 4.31 Å². The van der Waals surface area contributed by atoms with Gasteiger partial charge < -0.3 is 4.74 Å². The molecule has 1 aliphatic rings. The van der Waals surface area contributed by atoms with E-state index >= 15 is 0 Å². The van der Waals surface area contributed by atoms with Crippen LogP contribution in [0.5, 0.6) is 5.75 Å². The molecular formula is C22H16F3N3O3S. The summed E-state index contributed by atoms with van der Waals surface area (Å²) in [6.07, 6.45) is -1.18. The van der Waals surface area contributed by atoms with Crippen LogP contribution in [0.1, 0.15) is 5.56 Å². The highest BCUT2D eigenvalue weighted by Crippen LogP contribution is 2.40. The van der Waals surface area contributed by atoms with Crippen molar-refractivity contribution in [1.82, 2.24) is 9.61 Å². The van der Waals surface area contributed by atoms with E-state index in [9.17, 15) is 21.6 Å². The van der Waals surface area contributed by atoms with Crippen LogP contribution in [0.15, 0.2) is 78.0 Å². The second-order valence-corrected chi connectivity index (χ2v) is 9.08. The van der Waals surface area contributed by atoms with E-state index < -0.39 is 26.7 Å². The average Bonchev–Trinajstić information content (AvgIpc) is 3.22. The van der Waals surface area contributed by atoms with Gasteiger partial charge in [0, 0.05) is 11.8 Å². The van der Waals surface area contributed by atoms with Gasteiger partial charge in [0.05, 0.1) is 34.4 Å². The molecule has 0 aliphatic carbocycles. The molecule has 3 heterocycles. The Morgan fingerprint density at radius 1 is 1.00 bits per heavy atom. The molecule has 0 atom stereocenters. The molecule has 2 aromatic carbocycles. The number of hydrogen-bond acceptors (Lipinski definition) is 4. The molecule has 164 valence electrons. The molecule has 0 saturated heterocycles. The van der Waals surface area contributed by atoms with Crippen LogP contribution in [0.2, 0.25) is 0 Å². The van der Waals surface area contributed by atoms with Crippen molar-refractivity contribution >= 4 is 21.2 Å². The van der Waals surface area contributed by atoms with E-state index in [0.717, 1.165) is 33.6 Å². The van der Waals surface area contributed by atoms with Gasteiger partial charge in [0.1, 0.15) is 12.4 Å². The maximum Gasteiger partial charge on any atom is 0.416 e. The molecule has 5 rings (SSSR count). The maximum absolute atomic E-state index is 13.3. The fourth-order valence-corrected chi connectivity index (χ4v) is 5.22. The Labute approximate surface area is 181 Å². The fourth-order valence-electron chi connectivity index (χ4n) is 3.73. The molecule has 0 fully saturated rings. The highest BCUT2D eigenvalue weighted by molar-refractivity contribution is 7.92. The van der Waals surface area contributed by atoms with Crippen LogP contribution in [-0.4, -0.2) is 31.2 Å². The van der Waals surface area contributed by atoms with Gasteiger partial charge in [0.25, 0.3) is 10.0 Å². The summed E-state index contributed by atoms with van der Waals surface area (Å²) in [5.74, 6) is 0.340. The summed E-state index contributed by atoms with van der Waals surface area (Å²) < 4.78 is 74.5. The van der Waals surface area contributed by atoms with Crippen molar-refractivity contribution in [3.8, 4) is 16.9 Å². The summed E-state index contributed by atoms with van der Waals surface area (Å²) in [5, 5.41) is 4.30. The monoisotopic (exact) mass is 459 g/mol. The van der Waals surface area contributed by atoms with Crippen LogP contribution in [0, 0.1) is 0 Å². The van der Waals surface area contributed by atoms with E-state index in [2.05, 4.69) is 5.10 Å². The number of ether oxygens (including phenoxy) is 1. The zero-order chi connectivity index (χ0) is 22.5. The van der Waals surface area contributed by atoms with Crippen molar-refractivity contribution in [2.75, 3.05) is 17.5 Å². The van der Waals surface area contributed by atoms with Crippen molar-refractivity contribution in [3.05, 3.63) is 78.6 Å². The third-order valence-corrected chi connectivity index (χ3v) is 7.08. The third kappa shape index (κ3) is 3.36. The molecule has 0 saturated carbocycles. The molecule has 0 unspecified atom stereocenters. The van der Waals surface area contributed by atoms with Crippen LogP contribution < -0.4 is 9.04 Å². The van der Waals surface area contributed by atoms with Crippen molar-refractivity contribution < 1.29 is 26.3 Å². The predicted molar refractivity (Wildman–Crippen MR) is 112 cm³/mol. The molecule has 0 radical (unpaired) electrons. The van der Waals surface area contributed by atoms with Crippen molar-refractivity contribution in [2.45, 2.75) is 11.1 Å². The van der Waals surface area contributed by atoms with Crippen molar-refractivity contribution in [3.63, 3.8) is 0 Å². The first-order valence-electron chi connectivity index (χ1n) is 9.65. The molecule has 2 aromatic heterocycles. The number of nitrogens with zero attached hydrogens (tertiary/aromatic N) is 3. The summed E-state index contributed by atoms with van der Waals surface area (Å²) >= 11 is 0. The standard InChI is InChI=1S/C22H16F3N3O3S/c23-22(24,25)16-4-3-5-17(13-16)32(29,30)28-10-11-31-21-8-7-15(12-20(21)28)18-14-26-27-9-2-1-6-19(18)27/h1-9,12-14H,10-11H2. The zero-order valence-electron chi connectivity index (χ0n) is 16.5.